The molecule has 0 aliphatic rings. The summed E-state index contributed by atoms with van der Waals surface area (Å²) in [5, 5.41) is 14.7. The summed E-state index contributed by atoms with van der Waals surface area (Å²) in [5.74, 6) is -1.45. The van der Waals surface area contributed by atoms with Crippen LogP contribution < -0.4 is 10.6 Å². The van der Waals surface area contributed by atoms with Crippen LogP contribution in [0.25, 0.3) is 0 Å². The van der Waals surface area contributed by atoms with E-state index in [9.17, 15) is 19.5 Å². The fourth-order valence-electron chi connectivity index (χ4n) is 2.09. The summed E-state index contributed by atoms with van der Waals surface area (Å²) in [5.41, 5.74) is -1.10. The molecule has 20 heavy (non-hydrogen) atoms. The molecule has 0 rings (SSSR count). The Labute approximate surface area is 120 Å². The SMILES string of the molecule is CCC(CC)(NCC(=O)NC(C(C)=O)C(C)C)C(=O)O. The second kappa shape index (κ2) is 7.99. The Morgan fingerprint density at radius 1 is 1.15 bits per heavy atom. The summed E-state index contributed by atoms with van der Waals surface area (Å²) in [6.07, 6.45) is 0.763. The molecule has 0 heterocycles. The van der Waals surface area contributed by atoms with Gasteiger partial charge in [-0.3, -0.25) is 19.7 Å². The van der Waals surface area contributed by atoms with Gasteiger partial charge in [0.1, 0.15) is 5.54 Å². The lowest BCUT2D eigenvalue weighted by Gasteiger charge is -2.28. The largest absolute Gasteiger partial charge is 0.480 e. The van der Waals surface area contributed by atoms with Crippen LogP contribution >= 0.6 is 0 Å². The van der Waals surface area contributed by atoms with Crippen LogP contribution in [0.2, 0.25) is 0 Å². The number of ketones is 1. The first-order valence-corrected chi connectivity index (χ1v) is 6.98. The molecule has 0 saturated heterocycles. The Kier molecular flexibility index (Phi) is 7.42. The van der Waals surface area contributed by atoms with Crippen molar-refractivity contribution in [2.24, 2.45) is 5.92 Å². The van der Waals surface area contributed by atoms with Gasteiger partial charge in [0.2, 0.25) is 5.91 Å². The number of hydrogen-bond acceptors (Lipinski definition) is 4. The van der Waals surface area contributed by atoms with Crippen molar-refractivity contribution in [3.05, 3.63) is 0 Å². The summed E-state index contributed by atoms with van der Waals surface area (Å²) in [4.78, 5) is 34.5. The van der Waals surface area contributed by atoms with Gasteiger partial charge in [0.25, 0.3) is 0 Å². The maximum Gasteiger partial charge on any atom is 0.323 e. The smallest absolute Gasteiger partial charge is 0.323 e. The second-order valence-corrected chi connectivity index (χ2v) is 5.35. The highest BCUT2D eigenvalue weighted by Crippen LogP contribution is 2.14. The van der Waals surface area contributed by atoms with Gasteiger partial charge in [-0.15, -0.1) is 0 Å². The first-order chi connectivity index (χ1) is 9.20. The van der Waals surface area contributed by atoms with E-state index in [4.69, 9.17) is 0 Å². The van der Waals surface area contributed by atoms with Crippen LogP contribution in [-0.4, -0.2) is 40.9 Å². The normalized spacial score (nSPS) is 13.1. The monoisotopic (exact) mass is 286 g/mol. The third-order valence-corrected chi connectivity index (χ3v) is 3.62. The molecular formula is C14H26N2O4. The molecule has 6 heteroatoms. The highest BCUT2D eigenvalue weighted by atomic mass is 16.4. The molecule has 1 atom stereocenters. The van der Waals surface area contributed by atoms with E-state index in [1.54, 1.807) is 13.8 Å². The molecule has 0 aromatic heterocycles. The van der Waals surface area contributed by atoms with E-state index in [1.807, 2.05) is 13.8 Å². The molecule has 3 N–H and O–H groups in total. The lowest BCUT2D eigenvalue weighted by atomic mass is 9.93. The summed E-state index contributed by atoms with van der Waals surface area (Å²) in [6.45, 7) is 8.52. The fraction of sp³-hybridized carbons (Fsp3) is 0.786. The summed E-state index contributed by atoms with van der Waals surface area (Å²) in [7, 11) is 0. The Morgan fingerprint density at radius 3 is 1.95 bits per heavy atom. The van der Waals surface area contributed by atoms with Gasteiger partial charge in [0.05, 0.1) is 12.6 Å². The predicted molar refractivity (Wildman–Crippen MR) is 76.4 cm³/mol. The van der Waals surface area contributed by atoms with Crippen LogP contribution in [0.15, 0.2) is 0 Å². The first-order valence-electron chi connectivity index (χ1n) is 6.98. The quantitative estimate of drug-likeness (QED) is 0.586. The molecule has 1 unspecified atom stereocenters. The molecule has 0 aromatic rings. The molecule has 0 bridgehead atoms. The minimum absolute atomic E-state index is 0.00182. The topological polar surface area (TPSA) is 95.5 Å². The summed E-state index contributed by atoms with van der Waals surface area (Å²) >= 11 is 0. The van der Waals surface area contributed by atoms with Gasteiger partial charge in [-0.2, -0.15) is 0 Å². The van der Waals surface area contributed by atoms with Crippen molar-refractivity contribution in [2.45, 2.75) is 59.0 Å². The number of hydrogen-bond donors (Lipinski definition) is 3. The van der Waals surface area contributed by atoms with E-state index in [0.717, 1.165) is 0 Å². The van der Waals surface area contributed by atoms with Gasteiger partial charge in [0, 0.05) is 0 Å². The third-order valence-electron chi connectivity index (χ3n) is 3.62. The van der Waals surface area contributed by atoms with Crippen LogP contribution in [0.1, 0.15) is 47.5 Å². The van der Waals surface area contributed by atoms with Crippen LogP contribution in [0.4, 0.5) is 0 Å². The van der Waals surface area contributed by atoms with Crippen molar-refractivity contribution in [2.75, 3.05) is 6.54 Å². The number of amides is 1. The molecular weight excluding hydrogens is 260 g/mol. The highest BCUT2D eigenvalue weighted by molar-refractivity contribution is 5.88. The molecule has 0 radical (unpaired) electrons. The second-order valence-electron chi connectivity index (χ2n) is 5.35. The van der Waals surface area contributed by atoms with E-state index >= 15 is 0 Å². The maximum absolute atomic E-state index is 11.8. The van der Waals surface area contributed by atoms with Crippen LogP contribution in [0.3, 0.4) is 0 Å². The van der Waals surface area contributed by atoms with Crippen molar-refractivity contribution >= 4 is 17.7 Å². The average molecular weight is 286 g/mol. The Hall–Kier alpha value is -1.43. The molecule has 0 aliphatic heterocycles. The molecule has 0 saturated carbocycles. The molecule has 0 aromatic carbocycles. The third kappa shape index (κ3) is 4.92. The van der Waals surface area contributed by atoms with Gasteiger partial charge >= 0.3 is 5.97 Å². The van der Waals surface area contributed by atoms with Crippen LogP contribution in [0, 0.1) is 5.92 Å². The van der Waals surface area contributed by atoms with Gasteiger partial charge in [-0.1, -0.05) is 27.7 Å². The van der Waals surface area contributed by atoms with Crippen molar-refractivity contribution in [3.8, 4) is 0 Å². The van der Waals surface area contributed by atoms with E-state index in [0.29, 0.717) is 12.8 Å². The lowest BCUT2D eigenvalue weighted by molar-refractivity contribution is -0.145. The van der Waals surface area contributed by atoms with Crippen molar-refractivity contribution in [3.63, 3.8) is 0 Å². The zero-order valence-electron chi connectivity index (χ0n) is 12.9. The van der Waals surface area contributed by atoms with Gasteiger partial charge in [-0.25, -0.2) is 0 Å². The average Bonchev–Trinajstić information content (AvgIpc) is 2.36. The van der Waals surface area contributed by atoms with Gasteiger partial charge in [0.15, 0.2) is 5.78 Å². The van der Waals surface area contributed by atoms with Crippen molar-refractivity contribution in [1.82, 2.24) is 10.6 Å². The predicted octanol–water partition coefficient (Wildman–Crippen LogP) is 0.949. The molecule has 1 amide bonds. The Balaban J connectivity index is 4.62. The summed E-state index contributed by atoms with van der Waals surface area (Å²) in [6, 6.07) is -0.535. The minimum atomic E-state index is -1.10. The Morgan fingerprint density at radius 2 is 1.65 bits per heavy atom. The van der Waals surface area contributed by atoms with Crippen molar-refractivity contribution < 1.29 is 19.5 Å². The zero-order valence-corrected chi connectivity index (χ0v) is 12.9. The number of carboxylic acids is 1. The lowest BCUT2D eigenvalue weighted by Crippen LogP contribution is -2.55. The van der Waals surface area contributed by atoms with Crippen LogP contribution in [0.5, 0.6) is 0 Å². The minimum Gasteiger partial charge on any atom is -0.480 e. The molecule has 0 spiro atoms. The molecule has 6 nitrogen and oxygen atoms in total. The zero-order chi connectivity index (χ0) is 15.9. The Bertz CT molecular complexity index is 362. The molecule has 0 aliphatic carbocycles. The number of carboxylic acid groups (broad SMARTS) is 1. The highest BCUT2D eigenvalue weighted by Gasteiger charge is 2.34. The van der Waals surface area contributed by atoms with E-state index in [2.05, 4.69) is 10.6 Å². The van der Waals surface area contributed by atoms with Crippen LogP contribution in [-0.2, 0) is 14.4 Å². The fourth-order valence-corrected chi connectivity index (χ4v) is 2.09. The van der Waals surface area contributed by atoms with Crippen molar-refractivity contribution in [1.29, 1.82) is 0 Å². The molecule has 116 valence electrons. The number of aliphatic carboxylic acids is 1. The van der Waals surface area contributed by atoms with E-state index in [1.165, 1.54) is 6.92 Å². The number of carbonyl (C=O) groups is 3. The standard InChI is InChI=1S/C14H26N2O4/c1-6-14(7-2,13(19)20)15-8-11(18)16-12(9(3)4)10(5)17/h9,12,15H,6-8H2,1-5H3,(H,16,18)(H,19,20). The maximum atomic E-state index is 11.8. The van der Waals surface area contributed by atoms with Gasteiger partial charge in [-0.05, 0) is 25.7 Å². The van der Waals surface area contributed by atoms with E-state index < -0.39 is 17.6 Å². The number of carbonyl (C=O) groups excluding carboxylic acids is 2. The molecule has 0 fully saturated rings. The van der Waals surface area contributed by atoms with Gasteiger partial charge < -0.3 is 10.4 Å². The number of Topliss-reactive ketones (excluding diaryl/α,β-unsaturated/α-hetero) is 1. The number of rotatable bonds is 9. The summed E-state index contributed by atoms with van der Waals surface area (Å²) < 4.78 is 0. The van der Waals surface area contributed by atoms with E-state index in [-0.39, 0.29) is 24.2 Å². The number of nitrogens with one attached hydrogen (secondary N) is 2. The first kappa shape index (κ1) is 18.6.